The maximum absolute atomic E-state index is 10.8. The number of halogens is 1. The Bertz CT molecular complexity index is 316. The number of carbonyl (C=O) groups excluding carboxylic acids is 1. The van der Waals surface area contributed by atoms with Crippen LogP contribution in [0.1, 0.15) is 17.3 Å². The summed E-state index contributed by atoms with van der Waals surface area (Å²) in [6.07, 6.45) is -0.560. The van der Waals surface area contributed by atoms with Crippen LogP contribution in [0.3, 0.4) is 0 Å². The molecule has 1 rings (SSSR count). The Balaban J connectivity index is -0.000000282. The quantitative estimate of drug-likeness (QED) is 0.373. The number of aromatic hydroxyl groups is 1. The zero-order chi connectivity index (χ0) is 12.6. The van der Waals surface area contributed by atoms with Gasteiger partial charge in [0.25, 0.3) is 0 Å². The van der Waals surface area contributed by atoms with Gasteiger partial charge in [-0.3, -0.25) is 0 Å². The second-order valence-electron chi connectivity index (χ2n) is 3.07. The molecule has 1 aromatic rings. The first-order chi connectivity index (χ1) is 7.51. The Labute approximate surface area is 134 Å². The van der Waals surface area contributed by atoms with Crippen LogP contribution in [0.5, 0.6) is 5.75 Å². The minimum absolute atomic E-state index is 0. The number of carbonyl (C=O) groups is 1. The molecule has 0 aliphatic rings. The number of aliphatic hydroxyl groups excluding tert-OH is 2. The fourth-order valence-electron chi connectivity index (χ4n) is 0.715. The van der Waals surface area contributed by atoms with Crippen molar-refractivity contribution in [1.29, 1.82) is 0 Å². The van der Waals surface area contributed by atoms with Gasteiger partial charge >= 0.3 is 35.5 Å². The van der Waals surface area contributed by atoms with Crippen molar-refractivity contribution in [3.8, 4) is 5.75 Å². The molecule has 18 heavy (non-hydrogen) atoms. The molecule has 0 fully saturated rings. The molecule has 7 heteroatoms. The number of benzene rings is 1. The molecule has 0 saturated carbocycles. The predicted octanol–water partition coefficient (Wildman–Crippen LogP) is -5.45. The van der Waals surface area contributed by atoms with E-state index in [4.69, 9.17) is 15.3 Å². The topological polar surface area (TPSA) is 87.0 Å². The summed E-state index contributed by atoms with van der Waals surface area (Å²) >= 11 is 0. The van der Waals surface area contributed by atoms with Crippen molar-refractivity contribution >= 4 is 5.97 Å². The molecule has 1 atom stereocenters. The summed E-state index contributed by atoms with van der Waals surface area (Å²) in [7, 11) is 1.31. The summed E-state index contributed by atoms with van der Waals surface area (Å²) < 4.78 is 4.46. The fourth-order valence-corrected chi connectivity index (χ4v) is 0.715. The number of phenolic OH excluding ortho intramolecular Hbond substituents is 1. The zero-order valence-electron chi connectivity index (χ0n) is 10.6. The molecule has 0 radical (unpaired) electrons. The summed E-state index contributed by atoms with van der Waals surface area (Å²) in [5.74, 6) is -0.261. The number of ether oxygens (including phenoxy) is 1. The molecule has 0 aromatic heterocycles. The van der Waals surface area contributed by atoms with E-state index >= 15 is 0 Å². The Morgan fingerprint density at radius 2 is 1.72 bits per heavy atom. The van der Waals surface area contributed by atoms with E-state index in [0.29, 0.717) is 5.56 Å². The molecule has 0 aliphatic carbocycles. The number of esters is 1. The van der Waals surface area contributed by atoms with E-state index in [0.717, 1.165) is 0 Å². The number of methoxy groups -OCH3 is 1. The maximum Gasteiger partial charge on any atom is 1.00 e. The average Bonchev–Trinajstić information content (AvgIpc) is 2.29. The SMILES string of the molecule is CC(O)CO.COC(=O)c1ccc(O)cc1.[Cl-].[Na+]. The van der Waals surface area contributed by atoms with Gasteiger partial charge in [0.2, 0.25) is 0 Å². The summed E-state index contributed by atoms with van der Waals surface area (Å²) in [5, 5.41) is 24.9. The predicted molar refractivity (Wildman–Crippen MR) is 58.2 cm³/mol. The second-order valence-corrected chi connectivity index (χ2v) is 3.07. The van der Waals surface area contributed by atoms with Crippen molar-refractivity contribution in [2.75, 3.05) is 13.7 Å². The van der Waals surface area contributed by atoms with E-state index in [1.165, 1.54) is 38.3 Å². The van der Waals surface area contributed by atoms with Gasteiger partial charge in [-0.1, -0.05) is 0 Å². The molecular weight excluding hydrogens is 271 g/mol. The molecule has 1 unspecified atom stereocenters. The standard InChI is InChI=1S/C8H8O3.C3H8O2.ClH.Na/c1-11-8(10)6-2-4-7(9)5-3-6;1-3(5)2-4;;/h2-5,9H,1H3;3-5H,2H2,1H3;1H;/q;;;+1/p-1. The fraction of sp³-hybridized carbons (Fsp3) is 0.364. The van der Waals surface area contributed by atoms with E-state index in [2.05, 4.69) is 4.74 Å². The minimum Gasteiger partial charge on any atom is -1.00 e. The van der Waals surface area contributed by atoms with Crippen molar-refractivity contribution in [1.82, 2.24) is 0 Å². The molecule has 0 amide bonds. The zero-order valence-corrected chi connectivity index (χ0v) is 13.4. The second kappa shape index (κ2) is 13.1. The molecule has 1 aromatic carbocycles. The minimum atomic E-state index is -0.560. The van der Waals surface area contributed by atoms with Crippen LogP contribution in [-0.2, 0) is 4.74 Å². The van der Waals surface area contributed by atoms with Crippen LogP contribution < -0.4 is 42.0 Å². The van der Waals surface area contributed by atoms with E-state index in [9.17, 15) is 4.79 Å². The number of hydrogen-bond donors (Lipinski definition) is 3. The van der Waals surface area contributed by atoms with Gasteiger partial charge in [0.15, 0.2) is 0 Å². The van der Waals surface area contributed by atoms with Crippen LogP contribution in [0, 0.1) is 0 Å². The summed E-state index contributed by atoms with van der Waals surface area (Å²) in [5.41, 5.74) is 0.435. The van der Waals surface area contributed by atoms with E-state index in [-0.39, 0.29) is 54.3 Å². The van der Waals surface area contributed by atoms with E-state index < -0.39 is 12.1 Å². The van der Waals surface area contributed by atoms with Crippen molar-refractivity contribution < 1.29 is 66.8 Å². The third-order valence-corrected chi connectivity index (χ3v) is 1.55. The summed E-state index contributed by atoms with van der Waals surface area (Å²) in [6.45, 7) is 1.39. The normalized spacial score (nSPS) is 9.78. The van der Waals surface area contributed by atoms with Gasteiger partial charge in [0, 0.05) is 0 Å². The van der Waals surface area contributed by atoms with Crippen LogP contribution in [0.25, 0.3) is 0 Å². The van der Waals surface area contributed by atoms with Gasteiger partial charge in [-0.05, 0) is 31.2 Å². The van der Waals surface area contributed by atoms with Crippen molar-refractivity contribution in [3.63, 3.8) is 0 Å². The molecule has 0 aliphatic heterocycles. The smallest absolute Gasteiger partial charge is 1.00 e. The van der Waals surface area contributed by atoms with Gasteiger partial charge in [0.1, 0.15) is 5.75 Å². The van der Waals surface area contributed by atoms with Crippen LogP contribution in [0.2, 0.25) is 0 Å². The monoisotopic (exact) mass is 286 g/mol. The van der Waals surface area contributed by atoms with Crippen LogP contribution in [-0.4, -0.2) is 41.1 Å². The molecule has 5 nitrogen and oxygen atoms in total. The van der Waals surface area contributed by atoms with Crippen LogP contribution in [0.15, 0.2) is 24.3 Å². The van der Waals surface area contributed by atoms with Gasteiger partial charge in [-0.2, -0.15) is 0 Å². The third-order valence-electron chi connectivity index (χ3n) is 1.55. The first-order valence-corrected chi connectivity index (χ1v) is 4.67. The Morgan fingerprint density at radius 3 is 2.00 bits per heavy atom. The van der Waals surface area contributed by atoms with Crippen molar-refractivity contribution in [2.24, 2.45) is 0 Å². The van der Waals surface area contributed by atoms with Crippen molar-refractivity contribution in [3.05, 3.63) is 29.8 Å². The van der Waals surface area contributed by atoms with Gasteiger partial charge in [-0.25, -0.2) is 4.79 Å². The van der Waals surface area contributed by atoms with Crippen molar-refractivity contribution in [2.45, 2.75) is 13.0 Å². The third kappa shape index (κ3) is 10.8. The Hall–Kier alpha value is -0.300. The van der Waals surface area contributed by atoms with Gasteiger partial charge < -0.3 is 32.5 Å². The first kappa shape index (κ1) is 22.8. The summed E-state index contributed by atoms with van der Waals surface area (Å²) in [6, 6.07) is 5.88. The molecule has 3 N–H and O–H groups in total. The van der Waals surface area contributed by atoms with Gasteiger partial charge in [-0.15, -0.1) is 0 Å². The van der Waals surface area contributed by atoms with E-state index in [1.807, 2.05) is 0 Å². The molecular formula is C11H16ClNaO5. The Kier molecular flexibility index (Phi) is 16.7. The number of rotatable bonds is 2. The maximum atomic E-state index is 10.8. The molecule has 0 spiro atoms. The van der Waals surface area contributed by atoms with E-state index in [1.54, 1.807) is 0 Å². The average molecular weight is 287 g/mol. The largest absolute Gasteiger partial charge is 1.00 e. The summed E-state index contributed by atoms with van der Waals surface area (Å²) in [4.78, 5) is 10.8. The number of hydrogen-bond acceptors (Lipinski definition) is 5. The molecule has 0 heterocycles. The van der Waals surface area contributed by atoms with Gasteiger partial charge in [0.05, 0.1) is 25.4 Å². The van der Waals surface area contributed by atoms with Crippen LogP contribution >= 0.6 is 0 Å². The number of aliphatic hydroxyl groups is 2. The Morgan fingerprint density at radius 1 is 1.33 bits per heavy atom. The molecule has 0 saturated heterocycles. The van der Waals surface area contributed by atoms with Crippen LogP contribution in [0.4, 0.5) is 0 Å². The number of phenols is 1. The first-order valence-electron chi connectivity index (χ1n) is 4.67. The molecule has 98 valence electrons. The molecule has 0 bridgehead atoms.